The maximum Gasteiger partial charge on any atom is 0.472 e. The molecule has 536 valence electrons. The zero-order valence-electron chi connectivity index (χ0n) is 58.6. The van der Waals surface area contributed by atoms with Crippen molar-refractivity contribution in [3.63, 3.8) is 0 Å². The van der Waals surface area contributed by atoms with Crippen molar-refractivity contribution >= 4 is 39.5 Å². The van der Waals surface area contributed by atoms with Gasteiger partial charge in [0, 0.05) is 25.7 Å². The number of unbranched alkanes of at least 4 members (excludes halogenated alkanes) is 36. The Labute approximate surface area is 554 Å². The Hall–Kier alpha value is -2.46. The van der Waals surface area contributed by atoms with Gasteiger partial charge < -0.3 is 33.8 Å². The highest BCUT2D eigenvalue weighted by Crippen LogP contribution is 2.45. The predicted octanol–water partition coefficient (Wildman–Crippen LogP) is 20.3. The minimum Gasteiger partial charge on any atom is -0.462 e. The Balaban J connectivity index is 5.28. The monoisotopic (exact) mass is 1330 g/mol. The molecule has 91 heavy (non-hydrogen) atoms. The molecule has 0 spiro atoms. The smallest absolute Gasteiger partial charge is 0.462 e. The van der Waals surface area contributed by atoms with Gasteiger partial charge in [0.25, 0.3) is 0 Å². The van der Waals surface area contributed by atoms with Crippen molar-refractivity contribution in [2.24, 2.45) is 11.8 Å². The Morgan fingerprint density at radius 3 is 0.901 bits per heavy atom. The summed E-state index contributed by atoms with van der Waals surface area (Å²) in [6, 6.07) is 0. The molecule has 0 rings (SSSR count). The van der Waals surface area contributed by atoms with Crippen molar-refractivity contribution in [1.82, 2.24) is 0 Å². The van der Waals surface area contributed by atoms with E-state index < -0.39 is 97.5 Å². The van der Waals surface area contributed by atoms with Gasteiger partial charge in [0.15, 0.2) is 12.2 Å². The fourth-order valence-corrected chi connectivity index (χ4v) is 12.0. The largest absolute Gasteiger partial charge is 0.472 e. The molecule has 0 amide bonds. The van der Waals surface area contributed by atoms with E-state index in [4.69, 9.17) is 37.0 Å². The lowest BCUT2D eigenvalue weighted by molar-refractivity contribution is -0.161. The molecular formula is C72H136O17P2. The number of phosphoric acid groups is 2. The number of aliphatic hydroxyl groups is 1. The molecule has 2 unspecified atom stereocenters. The van der Waals surface area contributed by atoms with Crippen molar-refractivity contribution in [2.75, 3.05) is 39.6 Å². The molecule has 0 saturated carbocycles. The number of phosphoric ester groups is 2. The quantitative estimate of drug-likeness (QED) is 0.0169. The van der Waals surface area contributed by atoms with Gasteiger partial charge in [0.1, 0.15) is 19.3 Å². The lowest BCUT2D eigenvalue weighted by atomic mass is 10.0. The molecule has 0 aliphatic rings. The van der Waals surface area contributed by atoms with Gasteiger partial charge >= 0.3 is 39.5 Å². The number of hydrogen-bond donors (Lipinski definition) is 3. The summed E-state index contributed by atoms with van der Waals surface area (Å²) in [7, 11) is -9.92. The first-order valence-corrected chi connectivity index (χ1v) is 39.8. The molecule has 0 aliphatic carbocycles. The molecule has 19 heteroatoms. The van der Waals surface area contributed by atoms with E-state index in [1.165, 1.54) is 141 Å². The number of allylic oxidation sites excluding steroid dienone is 4. The number of esters is 4. The number of carbonyl (C=O) groups is 4. The molecule has 0 aliphatic heterocycles. The van der Waals surface area contributed by atoms with Crippen molar-refractivity contribution in [1.29, 1.82) is 0 Å². The Bertz CT molecular complexity index is 1860. The predicted molar refractivity (Wildman–Crippen MR) is 367 cm³/mol. The number of carbonyl (C=O) groups excluding carboxylic acids is 4. The van der Waals surface area contributed by atoms with E-state index in [-0.39, 0.29) is 25.7 Å². The molecule has 0 bridgehead atoms. The van der Waals surface area contributed by atoms with Gasteiger partial charge in [0.2, 0.25) is 0 Å². The van der Waals surface area contributed by atoms with Crippen LogP contribution in [0.15, 0.2) is 24.3 Å². The molecule has 0 radical (unpaired) electrons. The van der Waals surface area contributed by atoms with Crippen LogP contribution >= 0.6 is 15.6 Å². The van der Waals surface area contributed by atoms with Crippen LogP contribution in [0.25, 0.3) is 0 Å². The van der Waals surface area contributed by atoms with E-state index in [9.17, 15) is 43.2 Å². The molecule has 0 fully saturated rings. The van der Waals surface area contributed by atoms with Crippen molar-refractivity contribution < 1.29 is 80.2 Å². The van der Waals surface area contributed by atoms with E-state index >= 15 is 0 Å². The summed E-state index contributed by atoms with van der Waals surface area (Å²) < 4.78 is 68.3. The van der Waals surface area contributed by atoms with Crippen LogP contribution in [0.1, 0.15) is 343 Å². The molecule has 5 atom stereocenters. The average molecular weight is 1340 g/mol. The first-order chi connectivity index (χ1) is 43.9. The van der Waals surface area contributed by atoms with Crippen LogP contribution in [0, 0.1) is 11.8 Å². The van der Waals surface area contributed by atoms with E-state index in [2.05, 4.69) is 65.8 Å². The molecule has 0 aromatic heterocycles. The van der Waals surface area contributed by atoms with E-state index in [1.54, 1.807) is 0 Å². The van der Waals surface area contributed by atoms with Crippen LogP contribution in [0.2, 0.25) is 0 Å². The maximum atomic E-state index is 13.0. The number of ether oxygens (including phenoxy) is 4. The van der Waals surface area contributed by atoms with Crippen LogP contribution in [-0.4, -0.2) is 96.7 Å². The minimum atomic E-state index is -4.96. The van der Waals surface area contributed by atoms with E-state index in [0.717, 1.165) is 115 Å². The van der Waals surface area contributed by atoms with Gasteiger partial charge in [-0.05, 0) is 63.2 Å². The average Bonchev–Trinajstić information content (AvgIpc) is 2.93. The minimum absolute atomic E-state index is 0.0852. The summed E-state index contributed by atoms with van der Waals surface area (Å²) in [6.45, 7) is 9.39. The zero-order chi connectivity index (χ0) is 67.2. The van der Waals surface area contributed by atoms with Gasteiger partial charge in [-0.15, -0.1) is 0 Å². The van der Waals surface area contributed by atoms with Gasteiger partial charge in [-0.3, -0.25) is 37.3 Å². The third kappa shape index (κ3) is 66.0. The van der Waals surface area contributed by atoms with E-state index in [1.807, 2.05) is 0 Å². The highest BCUT2D eigenvalue weighted by Gasteiger charge is 2.30. The summed E-state index contributed by atoms with van der Waals surface area (Å²) in [5, 5.41) is 10.6. The lowest BCUT2D eigenvalue weighted by Gasteiger charge is -2.21. The third-order valence-corrected chi connectivity index (χ3v) is 18.0. The van der Waals surface area contributed by atoms with Crippen molar-refractivity contribution in [3.05, 3.63) is 24.3 Å². The summed E-state index contributed by atoms with van der Waals surface area (Å²) in [6.07, 6.45) is 52.3. The number of aliphatic hydroxyl groups excluding tert-OH is 1. The van der Waals surface area contributed by atoms with Crippen LogP contribution in [0.3, 0.4) is 0 Å². The van der Waals surface area contributed by atoms with Crippen LogP contribution < -0.4 is 0 Å². The molecule has 0 aromatic carbocycles. The van der Waals surface area contributed by atoms with Gasteiger partial charge in [-0.1, -0.05) is 291 Å². The standard InChI is InChI=1S/C72H136O17P2/c1-7-9-11-13-15-17-19-21-23-25-27-31-35-42-48-54-69(74)82-60-67(88-71(76)56-50-44-36-32-28-26-24-22-20-18-16-14-12-10-8-2)62-86-90(78,79)84-58-66(73)59-85-91(80,81)87-63-68(61-83-70(75)55-49-43-39-38-41-47-53-65(5)6)89-72(77)57-51-45-37-33-29-30-34-40-46-52-64(3)4/h18,20,22,24,64-68,73H,7-17,19,21,23,25-63H2,1-6H3,(H,78,79)(H,80,81)/b20-18-,24-22-/t66-,67-,68-/m1/s1. The molecular weight excluding hydrogens is 1200 g/mol. The molecule has 0 aromatic rings. The van der Waals surface area contributed by atoms with Gasteiger partial charge in [-0.2, -0.15) is 0 Å². The second-order valence-corrected chi connectivity index (χ2v) is 29.2. The summed E-state index contributed by atoms with van der Waals surface area (Å²) >= 11 is 0. The van der Waals surface area contributed by atoms with Crippen LogP contribution in [-0.2, 0) is 65.4 Å². The molecule has 17 nitrogen and oxygen atoms in total. The highest BCUT2D eigenvalue weighted by molar-refractivity contribution is 7.47. The summed E-state index contributed by atoms with van der Waals surface area (Å²) in [5.41, 5.74) is 0. The van der Waals surface area contributed by atoms with Gasteiger partial charge in [-0.25, -0.2) is 9.13 Å². The Morgan fingerprint density at radius 2 is 0.593 bits per heavy atom. The lowest BCUT2D eigenvalue weighted by Crippen LogP contribution is -2.30. The molecule has 3 N–H and O–H groups in total. The van der Waals surface area contributed by atoms with Crippen molar-refractivity contribution in [3.8, 4) is 0 Å². The van der Waals surface area contributed by atoms with Crippen molar-refractivity contribution in [2.45, 2.75) is 362 Å². The Morgan fingerprint density at radius 1 is 0.341 bits per heavy atom. The van der Waals surface area contributed by atoms with E-state index in [0.29, 0.717) is 31.6 Å². The number of hydrogen-bond acceptors (Lipinski definition) is 15. The normalized spacial score (nSPS) is 14.3. The fraction of sp³-hybridized carbons (Fsp3) is 0.889. The summed E-state index contributed by atoms with van der Waals surface area (Å²) in [5.74, 6) is -0.742. The SMILES string of the molecule is CCCCCC/C=C\C=C/CCCCCCCC(=O)O[C@H](COC(=O)CCCCCCCCCCCCCCCCC)COP(=O)(O)OC[C@@H](O)COP(=O)(O)OC[C@@H](COC(=O)CCCCCCCCC(C)C)OC(=O)CCCCCCCCCCCC(C)C. The second kappa shape index (κ2) is 63.6. The zero-order valence-corrected chi connectivity index (χ0v) is 60.4. The molecule has 0 saturated heterocycles. The van der Waals surface area contributed by atoms with Crippen LogP contribution in [0.5, 0.6) is 0 Å². The third-order valence-electron chi connectivity index (χ3n) is 16.1. The first kappa shape index (κ1) is 88.5. The first-order valence-electron chi connectivity index (χ1n) is 36.8. The Kier molecular flexibility index (Phi) is 61.9. The maximum absolute atomic E-state index is 13.0. The second-order valence-electron chi connectivity index (χ2n) is 26.2. The van der Waals surface area contributed by atoms with Gasteiger partial charge in [0.05, 0.1) is 26.4 Å². The highest BCUT2D eigenvalue weighted by atomic mass is 31.2. The fourth-order valence-electron chi connectivity index (χ4n) is 10.4. The topological polar surface area (TPSA) is 237 Å². The molecule has 0 heterocycles. The van der Waals surface area contributed by atoms with Crippen LogP contribution in [0.4, 0.5) is 0 Å². The number of rotatable bonds is 69. The summed E-state index contributed by atoms with van der Waals surface area (Å²) in [4.78, 5) is 72.6.